The van der Waals surface area contributed by atoms with Crippen molar-refractivity contribution in [3.63, 3.8) is 0 Å². The molecule has 0 aliphatic heterocycles. The van der Waals surface area contributed by atoms with Crippen LogP contribution in [0.2, 0.25) is 0 Å². The molecule has 1 aliphatic carbocycles. The Kier molecular flexibility index (Phi) is 5.78. The van der Waals surface area contributed by atoms with Gasteiger partial charge >= 0.3 is 0 Å². The third-order valence-electron chi connectivity index (χ3n) is 4.07. The summed E-state index contributed by atoms with van der Waals surface area (Å²) in [5, 5.41) is 3.53. The van der Waals surface area contributed by atoms with Gasteiger partial charge in [-0.1, -0.05) is 56.9 Å². The van der Waals surface area contributed by atoms with E-state index in [9.17, 15) is 4.39 Å². The molecule has 1 aliphatic rings. The van der Waals surface area contributed by atoms with Crippen LogP contribution in [0.4, 0.5) is 4.39 Å². The molecule has 1 nitrogen and oxygen atoms in total. The van der Waals surface area contributed by atoms with Crippen molar-refractivity contribution in [3.05, 3.63) is 41.2 Å². The number of hydrogen-bond donors (Lipinski definition) is 1. The van der Waals surface area contributed by atoms with Crippen molar-refractivity contribution in [1.82, 2.24) is 5.32 Å². The highest BCUT2D eigenvalue weighted by Gasteiger charge is 2.17. The molecule has 1 aromatic carbocycles. The minimum absolute atomic E-state index is 0.165. The van der Waals surface area contributed by atoms with Gasteiger partial charge < -0.3 is 5.32 Å². The first-order valence-electron chi connectivity index (χ1n) is 7.84. The van der Waals surface area contributed by atoms with Crippen LogP contribution in [0.25, 0.3) is 6.08 Å². The van der Waals surface area contributed by atoms with Crippen LogP contribution in [-0.2, 0) is 0 Å². The van der Waals surface area contributed by atoms with Gasteiger partial charge in [0.05, 0.1) is 0 Å². The second-order valence-electron chi connectivity index (χ2n) is 6.14. The fourth-order valence-corrected chi connectivity index (χ4v) is 2.88. The summed E-state index contributed by atoms with van der Waals surface area (Å²) in [6.45, 7) is 5.30. The highest BCUT2D eigenvalue weighted by Crippen LogP contribution is 2.30. The van der Waals surface area contributed by atoms with E-state index in [1.54, 1.807) is 12.1 Å². The highest BCUT2D eigenvalue weighted by atomic mass is 19.1. The lowest BCUT2D eigenvalue weighted by atomic mass is 9.83. The molecule has 2 rings (SSSR count). The van der Waals surface area contributed by atoms with Gasteiger partial charge in [-0.05, 0) is 36.5 Å². The lowest BCUT2D eigenvalue weighted by Crippen LogP contribution is -2.27. The third kappa shape index (κ3) is 4.75. The number of hydrogen-bond acceptors (Lipinski definition) is 1. The van der Waals surface area contributed by atoms with Crippen LogP contribution in [-0.4, -0.2) is 12.6 Å². The number of benzene rings is 1. The average Bonchev–Trinajstić information content (AvgIpc) is 2.46. The molecule has 0 heterocycles. The van der Waals surface area contributed by atoms with Crippen molar-refractivity contribution in [2.24, 2.45) is 5.92 Å². The van der Waals surface area contributed by atoms with Crippen LogP contribution >= 0.6 is 0 Å². The largest absolute Gasteiger partial charge is 0.311 e. The van der Waals surface area contributed by atoms with E-state index in [4.69, 9.17) is 0 Å². The Morgan fingerprint density at radius 3 is 2.45 bits per heavy atom. The maximum absolute atomic E-state index is 13.0. The molecule has 1 saturated carbocycles. The Labute approximate surface area is 122 Å². The smallest absolute Gasteiger partial charge is 0.123 e. The summed E-state index contributed by atoms with van der Waals surface area (Å²) in [6, 6.07) is 7.32. The van der Waals surface area contributed by atoms with Crippen LogP contribution in [0, 0.1) is 11.7 Å². The molecule has 0 saturated heterocycles. The van der Waals surface area contributed by atoms with Gasteiger partial charge in [0.1, 0.15) is 5.82 Å². The predicted molar refractivity (Wildman–Crippen MR) is 84.1 cm³/mol. The average molecular weight is 275 g/mol. The Hall–Kier alpha value is -1.15. The van der Waals surface area contributed by atoms with Gasteiger partial charge in [-0.25, -0.2) is 4.39 Å². The summed E-state index contributed by atoms with van der Waals surface area (Å²) in [4.78, 5) is 0. The molecule has 110 valence electrons. The molecule has 0 atom stereocenters. The van der Waals surface area contributed by atoms with Crippen molar-refractivity contribution < 1.29 is 4.39 Å². The molecular formula is C18H26FN. The maximum atomic E-state index is 13.0. The minimum atomic E-state index is -0.165. The third-order valence-corrected chi connectivity index (χ3v) is 4.07. The van der Waals surface area contributed by atoms with Gasteiger partial charge in [0.2, 0.25) is 0 Å². The minimum Gasteiger partial charge on any atom is -0.311 e. The zero-order chi connectivity index (χ0) is 14.4. The molecule has 2 heteroatoms. The van der Waals surface area contributed by atoms with Gasteiger partial charge in [-0.3, -0.25) is 0 Å². The van der Waals surface area contributed by atoms with E-state index in [1.807, 2.05) is 12.1 Å². The summed E-state index contributed by atoms with van der Waals surface area (Å²) in [6.07, 6.45) is 8.91. The van der Waals surface area contributed by atoms with Gasteiger partial charge in [-0.15, -0.1) is 0 Å². The fourth-order valence-electron chi connectivity index (χ4n) is 2.88. The van der Waals surface area contributed by atoms with Crippen LogP contribution in [0.1, 0.15) is 51.5 Å². The van der Waals surface area contributed by atoms with Crippen molar-refractivity contribution in [1.29, 1.82) is 0 Å². The Morgan fingerprint density at radius 1 is 1.20 bits per heavy atom. The first-order chi connectivity index (χ1) is 9.65. The maximum Gasteiger partial charge on any atom is 0.123 e. The molecule has 0 radical (unpaired) electrons. The molecule has 0 unspecified atom stereocenters. The highest BCUT2D eigenvalue weighted by molar-refractivity contribution is 5.53. The summed E-state index contributed by atoms with van der Waals surface area (Å²) < 4.78 is 13.0. The zero-order valence-electron chi connectivity index (χ0n) is 12.7. The molecule has 20 heavy (non-hydrogen) atoms. The normalized spacial score (nSPS) is 17.7. The zero-order valence-corrected chi connectivity index (χ0v) is 12.7. The summed E-state index contributed by atoms with van der Waals surface area (Å²) in [7, 11) is 0. The second-order valence-corrected chi connectivity index (χ2v) is 6.14. The lowest BCUT2D eigenvalue weighted by Gasteiger charge is -2.25. The fraction of sp³-hybridized carbons (Fsp3) is 0.556. The van der Waals surface area contributed by atoms with Crippen molar-refractivity contribution in [3.8, 4) is 0 Å². The van der Waals surface area contributed by atoms with Gasteiger partial charge in [0, 0.05) is 12.6 Å². The van der Waals surface area contributed by atoms with Gasteiger partial charge in [-0.2, -0.15) is 0 Å². The summed E-state index contributed by atoms with van der Waals surface area (Å²) >= 11 is 0. The van der Waals surface area contributed by atoms with Crippen molar-refractivity contribution in [2.45, 2.75) is 52.0 Å². The number of halogens is 1. The van der Waals surface area contributed by atoms with E-state index in [0.29, 0.717) is 12.0 Å². The molecule has 1 aromatic rings. The van der Waals surface area contributed by atoms with E-state index < -0.39 is 0 Å². The topological polar surface area (TPSA) is 12.0 Å². The first kappa shape index (κ1) is 15.2. The van der Waals surface area contributed by atoms with E-state index in [-0.39, 0.29) is 5.82 Å². The molecule has 0 bridgehead atoms. The summed E-state index contributed by atoms with van der Waals surface area (Å²) in [5.74, 6) is 0.529. The Bertz CT molecular complexity index is 427. The quantitative estimate of drug-likeness (QED) is 0.815. The Morgan fingerprint density at radius 2 is 1.85 bits per heavy atom. The first-order valence-corrected chi connectivity index (χ1v) is 7.84. The van der Waals surface area contributed by atoms with Crippen LogP contribution < -0.4 is 5.32 Å². The second kappa shape index (κ2) is 7.58. The molecule has 1 fully saturated rings. The van der Waals surface area contributed by atoms with Crippen LogP contribution in [0.3, 0.4) is 0 Å². The molecule has 0 amide bonds. The van der Waals surface area contributed by atoms with Crippen LogP contribution in [0.5, 0.6) is 0 Å². The standard InChI is InChI=1S/C18H26FN/c1-14(2)20-13-17(16-6-4-3-5-7-16)12-15-8-10-18(19)11-9-15/h8-12,14,16,20H,3-7,13H2,1-2H3/b17-12-. The van der Waals surface area contributed by atoms with E-state index >= 15 is 0 Å². The SMILES string of the molecule is CC(C)NC/C(=C/c1ccc(F)cc1)C1CCCCC1. The van der Waals surface area contributed by atoms with Gasteiger partial charge in [0.15, 0.2) is 0 Å². The van der Waals surface area contributed by atoms with E-state index in [2.05, 4.69) is 25.2 Å². The van der Waals surface area contributed by atoms with Crippen molar-refractivity contribution in [2.75, 3.05) is 6.54 Å². The lowest BCUT2D eigenvalue weighted by molar-refractivity contribution is 0.394. The summed E-state index contributed by atoms with van der Waals surface area (Å²) in [5.41, 5.74) is 2.59. The van der Waals surface area contributed by atoms with Crippen molar-refractivity contribution >= 4 is 6.08 Å². The van der Waals surface area contributed by atoms with Gasteiger partial charge in [0.25, 0.3) is 0 Å². The Balaban J connectivity index is 2.13. The van der Waals surface area contributed by atoms with E-state index in [0.717, 1.165) is 12.1 Å². The number of rotatable bonds is 5. The molecular weight excluding hydrogens is 249 g/mol. The molecule has 0 spiro atoms. The number of nitrogens with one attached hydrogen (secondary N) is 1. The van der Waals surface area contributed by atoms with E-state index in [1.165, 1.54) is 37.7 Å². The predicted octanol–water partition coefficient (Wildman–Crippen LogP) is 4.79. The van der Waals surface area contributed by atoms with Crippen LogP contribution in [0.15, 0.2) is 29.8 Å². The molecule has 0 aromatic heterocycles. The monoisotopic (exact) mass is 275 g/mol. The molecule has 1 N–H and O–H groups in total.